The Morgan fingerprint density at radius 2 is 2.06 bits per heavy atom. The van der Waals surface area contributed by atoms with Gasteiger partial charge in [0, 0.05) is 29.0 Å². The van der Waals surface area contributed by atoms with Crippen LogP contribution >= 0.6 is 11.3 Å². The third kappa shape index (κ3) is 4.07. The van der Waals surface area contributed by atoms with E-state index in [4.69, 9.17) is 9.15 Å². The van der Waals surface area contributed by atoms with Crippen LogP contribution in [0.3, 0.4) is 0 Å². The summed E-state index contributed by atoms with van der Waals surface area (Å²) in [5, 5.41) is 7.71. The first kappa shape index (κ1) is 21.2. The third-order valence-electron chi connectivity index (χ3n) is 6.36. The summed E-state index contributed by atoms with van der Waals surface area (Å²) < 4.78 is 11.3. The average molecular weight is 453 g/mol. The molecule has 1 aromatic carbocycles. The molecule has 1 atom stereocenters. The quantitative estimate of drug-likeness (QED) is 0.569. The molecule has 2 aliphatic rings. The second-order valence-corrected chi connectivity index (χ2v) is 9.95. The van der Waals surface area contributed by atoms with Crippen molar-refractivity contribution in [1.82, 2.24) is 5.32 Å². The summed E-state index contributed by atoms with van der Waals surface area (Å²) in [7, 11) is 0. The van der Waals surface area contributed by atoms with Crippen molar-refractivity contribution in [3.63, 3.8) is 0 Å². The van der Waals surface area contributed by atoms with E-state index in [1.807, 2.05) is 19.9 Å². The highest BCUT2D eigenvalue weighted by Gasteiger charge is 2.28. The first-order chi connectivity index (χ1) is 15.5. The number of hydrogen-bond donors (Lipinski definition) is 2. The summed E-state index contributed by atoms with van der Waals surface area (Å²) in [4.78, 5) is 27.3. The van der Waals surface area contributed by atoms with Crippen LogP contribution in [0.2, 0.25) is 0 Å². The number of nitrogens with one attached hydrogen (secondary N) is 2. The van der Waals surface area contributed by atoms with Gasteiger partial charge >= 0.3 is 0 Å². The minimum absolute atomic E-state index is 0.0879. The molecule has 3 heterocycles. The molecular formula is C25H28N2O4S. The SMILES string of the molecule is Cc1cc(C)c2c(CC(=O)Nc3sc4c(c3C(=O)NC[C@H]3CCCO3)CCC4)coc2c1. The molecule has 0 bridgehead atoms. The Hall–Kier alpha value is -2.64. The van der Waals surface area contributed by atoms with E-state index in [9.17, 15) is 9.59 Å². The lowest BCUT2D eigenvalue weighted by Gasteiger charge is -2.12. The summed E-state index contributed by atoms with van der Waals surface area (Å²) in [5.41, 5.74) is 5.62. The van der Waals surface area contributed by atoms with Gasteiger partial charge in [-0.1, -0.05) is 6.07 Å². The van der Waals surface area contributed by atoms with Crippen LogP contribution in [-0.4, -0.2) is 31.1 Å². The van der Waals surface area contributed by atoms with E-state index < -0.39 is 0 Å². The fourth-order valence-corrected chi connectivity index (χ4v) is 6.24. The summed E-state index contributed by atoms with van der Waals surface area (Å²) in [6, 6.07) is 4.09. The molecule has 0 unspecified atom stereocenters. The average Bonchev–Trinajstić information content (AvgIpc) is 3.50. The fourth-order valence-electron chi connectivity index (χ4n) is 4.93. The summed E-state index contributed by atoms with van der Waals surface area (Å²) in [6.45, 7) is 5.34. The van der Waals surface area contributed by atoms with Gasteiger partial charge in [-0.3, -0.25) is 9.59 Å². The molecule has 1 aliphatic carbocycles. The zero-order valence-electron chi connectivity index (χ0n) is 18.5. The van der Waals surface area contributed by atoms with Gasteiger partial charge in [-0.25, -0.2) is 0 Å². The number of anilines is 1. The standard InChI is InChI=1S/C25H28N2O4S/c1-14-9-15(2)22-16(13-31-19(22)10-14)11-21(28)27-25-23(18-6-3-7-20(18)32-25)24(29)26-12-17-5-4-8-30-17/h9-10,13,17H,3-8,11-12H2,1-2H3,(H,26,29)(H,27,28)/t17-/m1/s1. The molecule has 2 aromatic heterocycles. The predicted molar refractivity (Wildman–Crippen MR) is 126 cm³/mol. The van der Waals surface area contributed by atoms with E-state index in [1.165, 1.54) is 16.2 Å². The summed E-state index contributed by atoms with van der Waals surface area (Å²) in [5.74, 6) is -0.254. The number of carbonyl (C=O) groups is 2. The van der Waals surface area contributed by atoms with Crippen molar-refractivity contribution in [2.75, 3.05) is 18.5 Å². The van der Waals surface area contributed by atoms with Crippen molar-refractivity contribution in [3.8, 4) is 0 Å². The topological polar surface area (TPSA) is 80.6 Å². The Bertz CT molecular complexity index is 1190. The summed E-state index contributed by atoms with van der Waals surface area (Å²) in [6.07, 6.45) is 6.88. The molecular weight excluding hydrogens is 424 g/mol. The Kier molecular flexibility index (Phi) is 5.78. The second kappa shape index (κ2) is 8.71. The predicted octanol–water partition coefficient (Wildman–Crippen LogP) is 4.69. The Balaban J connectivity index is 1.34. The van der Waals surface area contributed by atoms with Gasteiger partial charge in [0.2, 0.25) is 5.91 Å². The molecule has 32 heavy (non-hydrogen) atoms. The Morgan fingerprint density at radius 3 is 2.88 bits per heavy atom. The van der Waals surface area contributed by atoms with Crippen LogP contribution in [-0.2, 0) is 28.8 Å². The second-order valence-electron chi connectivity index (χ2n) is 8.85. The third-order valence-corrected chi connectivity index (χ3v) is 7.57. The number of carbonyl (C=O) groups excluding carboxylic acids is 2. The molecule has 1 saturated heterocycles. The molecule has 1 fully saturated rings. The van der Waals surface area contributed by atoms with Crippen molar-refractivity contribution < 1.29 is 18.7 Å². The van der Waals surface area contributed by atoms with Gasteiger partial charge in [0.1, 0.15) is 10.6 Å². The van der Waals surface area contributed by atoms with Gasteiger partial charge in [0.15, 0.2) is 0 Å². The van der Waals surface area contributed by atoms with E-state index in [2.05, 4.69) is 16.7 Å². The monoisotopic (exact) mass is 452 g/mol. The molecule has 6 nitrogen and oxygen atoms in total. The lowest BCUT2D eigenvalue weighted by molar-refractivity contribution is -0.115. The molecule has 2 N–H and O–H groups in total. The number of hydrogen-bond acceptors (Lipinski definition) is 5. The molecule has 7 heteroatoms. The number of aryl methyl sites for hydroxylation is 3. The number of ether oxygens (including phenoxy) is 1. The van der Waals surface area contributed by atoms with E-state index in [0.717, 1.165) is 71.9 Å². The minimum atomic E-state index is -0.138. The van der Waals surface area contributed by atoms with E-state index in [0.29, 0.717) is 17.1 Å². The zero-order chi connectivity index (χ0) is 22.2. The van der Waals surface area contributed by atoms with Crippen LogP contribution < -0.4 is 10.6 Å². The first-order valence-corrected chi connectivity index (χ1v) is 12.1. The minimum Gasteiger partial charge on any atom is -0.464 e. The number of fused-ring (bicyclic) bond motifs is 2. The Labute approximate surface area is 191 Å². The van der Waals surface area contributed by atoms with E-state index in [-0.39, 0.29) is 24.3 Å². The molecule has 168 valence electrons. The van der Waals surface area contributed by atoms with E-state index in [1.54, 1.807) is 6.26 Å². The maximum Gasteiger partial charge on any atom is 0.254 e. The lowest BCUT2D eigenvalue weighted by Crippen LogP contribution is -2.32. The smallest absolute Gasteiger partial charge is 0.254 e. The van der Waals surface area contributed by atoms with Gasteiger partial charge in [-0.05, 0) is 68.7 Å². The molecule has 0 saturated carbocycles. The van der Waals surface area contributed by atoms with Crippen molar-refractivity contribution in [2.24, 2.45) is 0 Å². The van der Waals surface area contributed by atoms with Crippen LogP contribution in [0.1, 0.15) is 56.8 Å². The maximum absolute atomic E-state index is 13.1. The normalized spacial score (nSPS) is 17.6. The van der Waals surface area contributed by atoms with Crippen molar-refractivity contribution in [2.45, 2.75) is 58.5 Å². The summed E-state index contributed by atoms with van der Waals surface area (Å²) >= 11 is 1.54. The highest BCUT2D eigenvalue weighted by Crippen LogP contribution is 2.39. The number of thiophene rings is 1. The highest BCUT2D eigenvalue weighted by atomic mass is 32.1. The van der Waals surface area contributed by atoms with Crippen molar-refractivity contribution >= 4 is 39.1 Å². The lowest BCUT2D eigenvalue weighted by atomic mass is 10.0. The van der Waals surface area contributed by atoms with Gasteiger partial charge in [-0.2, -0.15) is 0 Å². The van der Waals surface area contributed by atoms with Crippen LogP contribution in [0, 0.1) is 13.8 Å². The first-order valence-electron chi connectivity index (χ1n) is 11.3. The molecule has 5 rings (SSSR count). The molecule has 0 spiro atoms. The highest BCUT2D eigenvalue weighted by molar-refractivity contribution is 7.17. The zero-order valence-corrected chi connectivity index (χ0v) is 19.3. The largest absolute Gasteiger partial charge is 0.464 e. The van der Waals surface area contributed by atoms with Gasteiger partial charge in [-0.15, -0.1) is 11.3 Å². The van der Waals surface area contributed by atoms with Crippen LogP contribution in [0.25, 0.3) is 11.0 Å². The number of furan rings is 1. The van der Waals surface area contributed by atoms with Crippen LogP contribution in [0.15, 0.2) is 22.8 Å². The van der Waals surface area contributed by atoms with E-state index >= 15 is 0 Å². The number of rotatable bonds is 6. The van der Waals surface area contributed by atoms with Gasteiger partial charge in [0.05, 0.1) is 24.4 Å². The Morgan fingerprint density at radius 1 is 1.19 bits per heavy atom. The molecule has 2 amide bonds. The molecule has 0 radical (unpaired) electrons. The van der Waals surface area contributed by atoms with Crippen molar-refractivity contribution in [3.05, 3.63) is 51.1 Å². The molecule has 1 aliphatic heterocycles. The van der Waals surface area contributed by atoms with Gasteiger partial charge in [0.25, 0.3) is 5.91 Å². The van der Waals surface area contributed by atoms with Crippen LogP contribution in [0.5, 0.6) is 0 Å². The van der Waals surface area contributed by atoms with Crippen LogP contribution in [0.4, 0.5) is 5.00 Å². The van der Waals surface area contributed by atoms with Gasteiger partial charge < -0.3 is 19.8 Å². The number of amides is 2. The fraction of sp³-hybridized carbons (Fsp3) is 0.440. The maximum atomic E-state index is 13.1. The molecule has 3 aromatic rings. The number of benzene rings is 1. The van der Waals surface area contributed by atoms with Crippen molar-refractivity contribution in [1.29, 1.82) is 0 Å².